The molecule has 24 heavy (non-hydrogen) atoms. The van der Waals surface area contributed by atoms with E-state index in [1.54, 1.807) is 7.11 Å². The lowest BCUT2D eigenvalue weighted by molar-refractivity contribution is 0.294. The lowest BCUT2D eigenvalue weighted by Gasteiger charge is -2.28. The smallest absolute Gasteiger partial charge is 0.118 e. The van der Waals surface area contributed by atoms with Gasteiger partial charge in [0, 0.05) is 19.0 Å². The number of allylic oxidation sites excluding steroid dienone is 2. The molecule has 126 valence electrons. The molecule has 3 heteroatoms. The van der Waals surface area contributed by atoms with Crippen LogP contribution in [0.2, 0.25) is 0 Å². The van der Waals surface area contributed by atoms with E-state index in [-0.39, 0.29) is 0 Å². The highest BCUT2D eigenvalue weighted by atomic mass is 16.5. The van der Waals surface area contributed by atoms with E-state index in [4.69, 9.17) is 9.73 Å². The zero-order valence-corrected chi connectivity index (χ0v) is 14.4. The molecule has 0 saturated carbocycles. The first-order chi connectivity index (χ1) is 11.8. The fourth-order valence-electron chi connectivity index (χ4n) is 3.52. The quantitative estimate of drug-likeness (QED) is 0.854. The molecular weight excluding hydrogens is 296 g/mol. The van der Waals surface area contributed by atoms with E-state index in [1.807, 2.05) is 6.08 Å². The molecule has 1 N–H and O–H groups in total. The monoisotopic (exact) mass is 322 g/mol. The van der Waals surface area contributed by atoms with E-state index < -0.39 is 0 Å². The summed E-state index contributed by atoms with van der Waals surface area (Å²) in [5.74, 6) is 2.45. The molecular formula is C21H26N2O. The molecule has 1 heterocycles. The second-order valence-corrected chi connectivity index (χ2v) is 6.23. The minimum atomic E-state index is 0.321. The minimum Gasteiger partial charge on any atom is -0.497 e. The third-order valence-corrected chi connectivity index (χ3v) is 4.79. The lowest BCUT2D eigenvalue weighted by atomic mass is 9.84. The molecule has 1 aromatic carbocycles. The van der Waals surface area contributed by atoms with Crippen LogP contribution >= 0.6 is 0 Å². The van der Waals surface area contributed by atoms with Gasteiger partial charge in [0.05, 0.1) is 7.11 Å². The van der Waals surface area contributed by atoms with E-state index in [0.29, 0.717) is 5.92 Å². The summed E-state index contributed by atoms with van der Waals surface area (Å²) in [5.41, 5.74) is 3.91. The molecule has 3 rings (SSSR count). The Labute approximate surface area is 144 Å². The van der Waals surface area contributed by atoms with Gasteiger partial charge in [-0.1, -0.05) is 43.0 Å². The predicted octanol–water partition coefficient (Wildman–Crippen LogP) is 4.13. The van der Waals surface area contributed by atoms with E-state index in [1.165, 1.54) is 16.7 Å². The van der Waals surface area contributed by atoms with Gasteiger partial charge in [-0.05, 0) is 48.5 Å². The first kappa shape index (κ1) is 16.6. The average molecular weight is 322 g/mol. The van der Waals surface area contributed by atoms with Gasteiger partial charge in [-0.15, -0.1) is 0 Å². The predicted molar refractivity (Wildman–Crippen MR) is 101 cm³/mol. The molecule has 0 fully saturated rings. The molecule has 2 aliphatic rings. The summed E-state index contributed by atoms with van der Waals surface area (Å²) in [7, 11) is 1.76. The molecule has 1 aromatic rings. The summed E-state index contributed by atoms with van der Waals surface area (Å²) in [6.07, 6.45) is 10.3. The van der Waals surface area contributed by atoms with Crippen LogP contribution in [0.3, 0.4) is 0 Å². The highest BCUT2D eigenvalue weighted by Gasteiger charge is 2.26. The maximum atomic E-state index is 5.66. The summed E-state index contributed by atoms with van der Waals surface area (Å²) >= 11 is 0. The second-order valence-electron chi connectivity index (χ2n) is 6.23. The molecule has 0 spiro atoms. The number of rotatable bonds is 6. The highest BCUT2D eigenvalue weighted by Crippen LogP contribution is 2.31. The van der Waals surface area contributed by atoms with Gasteiger partial charge < -0.3 is 10.1 Å². The van der Waals surface area contributed by atoms with Gasteiger partial charge >= 0.3 is 0 Å². The Morgan fingerprint density at radius 1 is 1.33 bits per heavy atom. The van der Waals surface area contributed by atoms with Crippen molar-refractivity contribution in [1.29, 1.82) is 0 Å². The summed E-state index contributed by atoms with van der Waals surface area (Å²) in [5, 5.41) is 3.49. The zero-order chi connectivity index (χ0) is 16.8. The van der Waals surface area contributed by atoms with Crippen molar-refractivity contribution in [2.75, 3.05) is 20.2 Å². The van der Waals surface area contributed by atoms with Gasteiger partial charge in [0.1, 0.15) is 11.6 Å². The number of benzene rings is 1. The molecule has 1 atom stereocenters. The number of ether oxygens (including phenoxy) is 1. The normalized spacial score (nSPS) is 20.4. The van der Waals surface area contributed by atoms with Crippen LogP contribution in [-0.4, -0.2) is 26.0 Å². The lowest BCUT2D eigenvalue weighted by Crippen LogP contribution is -2.37. The maximum absolute atomic E-state index is 5.66. The number of aryl methyl sites for hydroxylation is 1. The molecule has 0 bridgehead atoms. The fourth-order valence-corrected chi connectivity index (χ4v) is 3.52. The topological polar surface area (TPSA) is 33.6 Å². The number of nitrogens with one attached hydrogen (secondary N) is 1. The van der Waals surface area contributed by atoms with E-state index in [2.05, 4.69) is 48.3 Å². The molecule has 3 nitrogen and oxygen atoms in total. The molecule has 0 saturated heterocycles. The van der Waals surface area contributed by atoms with Gasteiger partial charge in [-0.2, -0.15) is 0 Å². The van der Waals surface area contributed by atoms with Crippen molar-refractivity contribution in [3.05, 3.63) is 65.5 Å². The largest absolute Gasteiger partial charge is 0.497 e. The Hall–Kier alpha value is -2.29. The first-order valence-electron chi connectivity index (χ1n) is 8.75. The molecule has 0 radical (unpaired) electrons. The van der Waals surface area contributed by atoms with Gasteiger partial charge in [-0.3, -0.25) is 4.99 Å². The highest BCUT2D eigenvalue weighted by molar-refractivity contribution is 5.88. The Morgan fingerprint density at radius 3 is 2.96 bits per heavy atom. The third kappa shape index (κ3) is 3.61. The van der Waals surface area contributed by atoms with Crippen LogP contribution < -0.4 is 5.32 Å². The summed E-state index contributed by atoms with van der Waals surface area (Å²) < 4.78 is 5.66. The number of hydrogen-bond donors (Lipinski definition) is 1. The molecule has 1 unspecified atom stereocenters. The standard InChI is InChI=1S/C21H26N2O/c1-3-16-8-4-5-9-17(16)12-13-18-19(10-6-11-20(18)24-2)21-22-14-7-15-23-21/h3-6,8-9,11,19H,1,7,10,12-15H2,2H3,(H,22,23). The van der Waals surface area contributed by atoms with Crippen LogP contribution in [0.25, 0.3) is 6.08 Å². The van der Waals surface area contributed by atoms with Crippen LogP contribution in [0.1, 0.15) is 30.4 Å². The van der Waals surface area contributed by atoms with Crippen molar-refractivity contribution in [2.45, 2.75) is 25.7 Å². The number of methoxy groups -OCH3 is 1. The van der Waals surface area contributed by atoms with Crippen molar-refractivity contribution < 1.29 is 4.74 Å². The zero-order valence-electron chi connectivity index (χ0n) is 14.4. The first-order valence-corrected chi connectivity index (χ1v) is 8.75. The van der Waals surface area contributed by atoms with Crippen LogP contribution in [0.4, 0.5) is 0 Å². The molecule has 1 aliphatic heterocycles. The Kier molecular flexibility index (Phi) is 5.52. The van der Waals surface area contributed by atoms with Crippen molar-refractivity contribution >= 4 is 11.9 Å². The Balaban J connectivity index is 1.83. The third-order valence-electron chi connectivity index (χ3n) is 4.79. The van der Waals surface area contributed by atoms with Crippen molar-refractivity contribution in [2.24, 2.45) is 10.9 Å². The van der Waals surface area contributed by atoms with E-state index >= 15 is 0 Å². The molecule has 0 aromatic heterocycles. The second kappa shape index (κ2) is 8.00. The van der Waals surface area contributed by atoms with Crippen molar-refractivity contribution in [3.63, 3.8) is 0 Å². The average Bonchev–Trinajstić information content (AvgIpc) is 2.67. The minimum absolute atomic E-state index is 0.321. The number of hydrogen-bond acceptors (Lipinski definition) is 3. The van der Waals surface area contributed by atoms with Crippen molar-refractivity contribution in [3.8, 4) is 0 Å². The van der Waals surface area contributed by atoms with Gasteiger partial charge in [0.25, 0.3) is 0 Å². The molecule has 1 aliphatic carbocycles. The Bertz CT molecular complexity index is 685. The van der Waals surface area contributed by atoms with Crippen molar-refractivity contribution in [1.82, 2.24) is 5.32 Å². The number of aliphatic imine (C=N–C) groups is 1. The maximum Gasteiger partial charge on any atom is 0.118 e. The fraction of sp³-hybridized carbons (Fsp3) is 0.381. The summed E-state index contributed by atoms with van der Waals surface area (Å²) in [4.78, 5) is 4.73. The molecule has 0 amide bonds. The Morgan fingerprint density at radius 2 is 2.21 bits per heavy atom. The van der Waals surface area contributed by atoms with E-state index in [0.717, 1.165) is 50.4 Å². The SMILES string of the molecule is C=Cc1ccccc1CCC1=C(OC)C=CCC1C1=NCCCN1. The van der Waals surface area contributed by atoms with Gasteiger partial charge in [-0.25, -0.2) is 0 Å². The van der Waals surface area contributed by atoms with Gasteiger partial charge in [0.2, 0.25) is 0 Å². The van der Waals surface area contributed by atoms with Crippen LogP contribution in [0.5, 0.6) is 0 Å². The summed E-state index contributed by atoms with van der Waals surface area (Å²) in [6.45, 7) is 5.88. The number of amidine groups is 1. The van der Waals surface area contributed by atoms with Crippen LogP contribution in [0.15, 0.2) is 59.3 Å². The van der Waals surface area contributed by atoms with Crippen LogP contribution in [-0.2, 0) is 11.2 Å². The summed E-state index contributed by atoms with van der Waals surface area (Å²) in [6, 6.07) is 8.47. The number of nitrogens with zero attached hydrogens (tertiary/aromatic N) is 1. The van der Waals surface area contributed by atoms with Crippen LogP contribution in [0, 0.1) is 5.92 Å². The van der Waals surface area contributed by atoms with Gasteiger partial charge in [0.15, 0.2) is 0 Å². The van der Waals surface area contributed by atoms with E-state index in [9.17, 15) is 0 Å².